The van der Waals surface area contributed by atoms with Crippen LogP contribution in [0.3, 0.4) is 0 Å². The van der Waals surface area contributed by atoms with Gasteiger partial charge in [-0.2, -0.15) is 4.98 Å². The second kappa shape index (κ2) is 11.9. The number of piperazine rings is 1. The average Bonchev–Trinajstić information content (AvgIpc) is 3.13. The van der Waals surface area contributed by atoms with E-state index >= 15 is 8.78 Å². The Kier molecular flexibility index (Phi) is 8.19. The van der Waals surface area contributed by atoms with Crippen LogP contribution in [-0.4, -0.2) is 74.2 Å². The number of hydrogen-bond donors (Lipinski definition) is 1. The minimum Gasteiger partial charge on any atom is -0.507 e. The molecule has 2 atom stereocenters. The summed E-state index contributed by atoms with van der Waals surface area (Å²) in [4.78, 5) is 46.3. The van der Waals surface area contributed by atoms with Gasteiger partial charge in [-0.05, 0) is 37.0 Å². The maximum atomic E-state index is 17.6. The summed E-state index contributed by atoms with van der Waals surface area (Å²) in [5, 5.41) is 10.9. The van der Waals surface area contributed by atoms with E-state index in [2.05, 4.69) is 21.5 Å². The van der Waals surface area contributed by atoms with Crippen LogP contribution in [0.4, 0.5) is 20.3 Å². The topological polar surface area (TPSA) is 108 Å². The molecule has 0 saturated carbocycles. The number of likely N-dealkylation sites (N-methyl/N-ethyl adjacent to an activating group) is 1. The second-order valence-electron chi connectivity index (χ2n) is 12.8. The maximum absolute atomic E-state index is 17.6. The number of fused-ring (bicyclic) bond motifs is 2. The molecule has 0 radical (unpaired) electrons. The van der Waals surface area contributed by atoms with E-state index in [-0.39, 0.29) is 63.8 Å². The lowest BCUT2D eigenvalue weighted by molar-refractivity contribution is -0.128. The largest absolute Gasteiger partial charge is 0.507 e. The number of amides is 1. The molecule has 1 saturated heterocycles. The molecule has 4 aromatic rings. The monoisotopic (exact) mass is 663 g/mol. The Bertz CT molecular complexity index is 1970. The molecule has 2 aromatic heterocycles. The fraction of sp³-hybridized carbons (Fsp3) is 0.382. The number of rotatable bonds is 5. The standard InChI is InChI=1S/C34H36ClF2N7O3/c1-8-22(46)42-14-19-13-41(7)30-25-31(27(37)24(26(30)35)23-20(36)10-9-11-21(23)45)44(34(47)40-33(25)43(19)12-18(42)6)32-28(16(2)3)38-15-39-29(32)17(4)5/h8-11,15-19,45H,1,12-14H2,2-7H3. The molecule has 10 nitrogen and oxygen atoms in total. The number of phenolic OH excluding ortho intramolecular Hbond substituents is 1. The van der Waals surface area contributed by atoms with Crippen molar-refractivity contribution in [3.05, 3.63) is 75.7 Å². The third kappa shape index (κ3) is 5.00. The predicted molar refractivity (Wildman–Crippen MR) is 179 cm³/mol. The second-order valence-corrected chi connectivity index (χ2v) is 13.2. The molecular weight excluding hydrogens is 628 g/mol. The fourth-order valence-corrected chi connectivity index (χ4v) is 7.31. The Balaban J connectivity index is 1.82. The Morgan fingerprint density at radius 1 is 1.06 bits per heavy atom. The van der Waals surface area contributed by atoms with Gasteiger partial charge in [0.2, 0.25) is 5.91 Å². The predicted octanol–water partition coefficient (Wildman–Crippen LogP) is 5.77. The van der Waals surface area contributed by atoms with Gasteiger partial charge in [-0.3, -0.25) is 9.36 Å². The minimum atomic E-state index is -1.01. The maximum Gasteiger partial charge on any atom is 0.354 e. The van der Waals surface area contributed by atoms with Crippen molar-refractivity contribution < 1.29 is 18.7 Å². The molecule has 1 amide bonds. The van der Waals surface area contributed by atoms with E-state index in [1.54, 1.807) is 16.8 Å². The zero-order valence-corrected chi connectivity index (χ0v) is 27.8. The molecule has 246 valence electrons. The average molecular weight is 664 g/mol. The van der Waals surface area contributed by atoms with Crippen molar-refractivity contribution in [2.45, 2.75) is 58.5 Å². The molecule has 2 aromatic carbocycles. The summed E-state index contributed by atoms with van der Waals surface area (Å²) in [5.41, 5.74) is -0.228. The number of aromatic hydroxyl groups is 1. The number of anilines is 2. The van der Waals surface area contributed by atoms with Gasteiger partial charge in [-0.1, -0.05) is 51.9 Å². The number of hydrogen-bond acceptors (Lipinski definition) is 8. The first-order valence-electron chi connectivity index (χ1n) is 15.5. The Labute approximate surface area is 275 Å². The molecular formula is C34H36ClF2N7O3. The van der Waals surface area contributed by atoms with Crippen molar-refractivity contribution >= 4 is 39.9 Å². The lowest BCUT2D eigenvalue weighted by Gasteiger charge is -2.45. The number of nitrogens with zero attached hydrogens (tertiary/aromatic N) is 7. The van der Waals surface area contributed by atoms with Gasteiger partial charge in [0, 0.05) is 38.3 Å². The number of benzene rings is 2. The molecule has 0 spiro atoms. The lowest BCUT2D eigenvalue weighted by atomic mass is 9.97. The van der Waals surface area contributed by atoms with E-state index in [1.165, 1.54) is 29.1 Å². The van der Waals surface area contributed by atoms with Gasteiger partial charge in [-0.15, -0.1) is 0 Å². The molecule has 6 rings (SSSR count). The summed E-state index contributed by atoms with van der Waals surface area (Å²) in [6.07, 6.45) is 2.68. The van der Waals surface area contributed by atoms with Crippen LogP contribution in [0.15, 0.2) is 42.0 Å². The highest BCUT2D eigenvalue weighted by Crippen LogP contribution is 2.50. The Morgan fingerprint density at radius 2 is 1.72 bits per heavy atom. The van der Waals surface area contributed by atoms with Crippen LogP contribution in [0.25, 0.3) is 27.7 Å². The van der Waals surface area contributed by atoms with Crippen molar-refractivity contribution in [1.29, 1.82) is 0 Å². The van der Waals surface area contributed by atoms with Gasteiger partial charge in [-0.25, -0.2) is 23.5 Å². The summed E-state index contributed by atoms with van der Waals surface area (Å²) in [7, 11) is 1.76. The third-order valence-electron chi connectivity index (χ3n) is 9.04. The van der Waals surface area contributed by atoms with Crippen LogP contribution in [0.2, 0.25) is 5.02 Å². The number of phenols is 1. The zero-order valence-electron chi connectivity index (χ0n) is 27.1. The highest BCUT2D eigenvalue weighted by atomic mass is 35.5. The summed E-state index contributed by atoms with van der Waals surface area (Å²) < 4.78 is 34.3. The van der Waals surface area contributed by atoms with Crippen LogP contribution in [0.5, 0.6) is 5.75 Å². The molecule has 13 heteroatoms. The van der Waals surface area contributed by atoms with Crippen LogP contribution in [0.1, 0.15) is 57.8 Å². The molecule has 0 bridgehead atoms. The van der Waals surface area contributed by atoms with Crippen LogP contribution in [-0.2, 0) is 4.79 Å². The summed E-state index contributed by atoms with van der Waals surface area (Å²) in [6.45, 7) is 14.0. The Hall–Kier alpha value is -4.58. The molecule has 47 heavy (non-hydrogen) atoms. The SMILES string of the molecule is C=CC(=O)N1CC2CN(C)c3c(Cl)c(-c4c(O)cccc4F)c(F)c4c3c(nc(=O)n4-c3c(C(C)C)ncnc3C(C)C)N2CC1C. The molecule has 0 aliphatic carbocycles. The summed E-state index contributed by atoms with van der Waals surface area (Å²) in [6, 6.07) is 2.99. The molecule has 2 aliphatic heterocycles. The zero-order chi connectivity index (χ0) is 34.1. The van der Waals surface area contributed by atoms with Gasteiger partial charge < -0.3 is 19.8 Å². The van der Waals surface area contributed by atoms with Gasteiger partial charge in [0.05, 0.1) is 44.8 Å². The van der Waals surface area contributed by atoms with E-state index < -0.39 is 34.2 Å². The van der Waals surface area contributed by atoms with E-state index in [0.29, 0.717) is 30.2 Å². The van der Waals surface area contributed by atoms with Crippen LogP contribution >= 0.6 is 11.6 Å². The first kappa shape index (κ1) is 32.4. The van der Waals surface area contributed by atoms with Crippen molar-refractivity contribution in [3.63, 3.8) is 0 Å². The molecule has 1 fully saturated rings. The van der Waals surface area contributed by atoms with E-state index in [9.17, 15) is 14.7 Å². The van der Waals surface area contributed by atoms with Crippen molar-refractivity contribution in [1.82, 2.24) is 24.4 Å². The normalized spacial score (nSPS) is 17.8. The van der Waals surface area contributed by atoms with Crippen LogP contribution < -0.4 is 15.5 Å². The highest BCUT2D eigenvalue weighted by molar-refractivity contribution is 6.38. The number of halogens is 3. The number of aromatic nitrogens is 4. The lowest BCUT2D eigenvalue weighted by Crippen LogP contribution is -2.61. The summed E-state index contributed by atoms with van der Waals surface area (Å²) >= 11 is 7.08. The minimum absolute atomic E-state index is 0.157. The quantitative estimate of drug-likeness (QED) is 0.268. The first-order valence-corrected chi connectivity index (χ1v) is 15.9. The molecule has 2 aliphatic rings. The first-order chi connectivity index (χ1) is 22.3. The molecule has 2 unspecified atom stereocenters. The van der Waals surface area contributed by atoms with Crippen molar-refractivity contribution in [2.24, 2.45) is 0 Å². The summed E-state index contributed by atoms with van der Waals surface area (Å²) in [5.74, 6) is -2.85. The van der Waals surface area contributed by atoms with Crippen molar-refractivity contribution in [2.75, 3.05) is 36.5 Å². The van der Waals surface area contributed by atoms with Gasteiger partial charge >= 0.3 is 5.69 Å². The fourth-order valence-electron chi connectivity index (χ4n) is 6.90. The smallest absolute Gasteiger partial charge is 0.354 e. The van der Waals surface area contributed by atoms with Gasteiger partial charge in [0.1, 0.15) is 29.2 Å². The van der Waals surface area contributed by atoms with Gasteiger partial charge in [0.25, 0.3) is 0 Å². The number of carbonyl (C=O) groups excluding carboxylic acids is 1. The van der Waals surface area contributed by atoms with E-state index in [1.807, 2.05) is 39.5 Å². The Morgan fingerprint density at radius 3 is 2.32 bits per heavy atom. The van der Waals surface area contributed by atoms with E-state index in [4.69, 9.17) is 11.6 Å². The van der Waals surface area contributed by atoms with Crippen molar-refractivity contribution in [3.8, 4) is 22.6 Å². The van der Waals surface area contributed by atoms with Crippen LogP contribution in [0, 0.1) is 11.6 Å². The molecule has 1 N–H and O–H groups in total. The highest BCUT2D eigenvalue weighted by Gasteiger charge is 2.41. The molecule has 4 heterocycles. The third-order valence-corrected chi connectivity index (χ3v) is 9.41. The number of carbonyl (C=O) groups is 1. The van der Waals surface area contributed by atoms with E-state index in [0.717, 1.165) is 6.07 Å². The van der Waals surface area contributed by atoms with Gasteiger partial charge in [0.15, 0.2) is 5.82 Å².